The predicted octanol–water partition coefficient (Wildman–Crippen LogP) is 2.74. The van der Waals surface area contributed by atoms with Crippen LogP contribution in [0.1, 0.15) is 33.6 Å². The van der Waals surface area contributed by atoms with Gasteiger partial charge in [0.15, 0.2) is 0 Å². The van der Waals surface area contributed by atoms with Crippen molar-refractivity contribution in [3.63, 3.8) is 0 Å². The van der Waals surface area contributed by atoms with E-state index in [0.717, 1.165) is 9.52 Å². The quantitative estimate of drug-likeness (QED) is 0.513. The molecule has 1 heteroatoms. The molecule has 0 aliphatic rings. The monoisotopic (exact) mass is 128 g/mol. The van der Waals surface area contributed by atoms with Gasteiger partial charge in [-0.1, -0.05) is 40.2 Å². The van der Waals surface area contributed by atoms with E-state index in [0.29, 0.717) is 5.04 Å². The molecule has 0 aliphatic carbocycles. The zero-order chi connectivity index (χ0) is 6.62. The summed E-state index contributed by atoms with van der Waals surface area (Å²) in [6.07, 6.45) is 2.70. The Morgan fingerprint density at radius 2 is 1.88 bits per heavy atom. The third kappa shape index (κ3) is 3.25. The van der Waals surface area contributed by atoms with Crippen molar-refractivity contribution < 1.29 is 0 Å². The molecule has 0 aliphatic heterocycles. The van der Waals surface area contributed by atoms with Crippen molar-refractivity contribution in [2.24, 2.45) is 0 Å². The molecule has 0 bridgehead atoms. The molecule has 8 heavy (non-hydrogen) atoms. The van der Waals surface area contributed by atoms with Crippen LogP contribution in [0, 0.1) is 0 Å². The maximum absolute atomic E-state index is 2.34. The van der Waals surface area contributed by atoms with Gasteiger partial charge < -0.3 is 0 Å². The normalized spacial score (nSPS) is 12.0. The minimum atomic E-state index is 0.620. The van der Waals surface area contributed by atoms with E-state index in [9.17, 15) is 0 Å². The molecule has 0 fully saturated rings. The lowest BCUT2D eigenvalue weighted by Crippen LogP contribution is -2.08. The first-order chi connectivity index (χ1) is 3.62. The van der Waals surface area contributed by atoms with Gasteiger partial charge in [0, 0.05) is 9.52 Å². The Balaban J connectivity index is 3.37. The standard InChI is InChI=1S/C7H16Si/c1-5-6-7(2,3)8-4/h5-6H2,1-4H3. The second-order valence-corrected chi connectivity index (χ2v) is 4.74. The Morgan fingerprint density at radius 1 is 1.38 bits per heavy atom. The van der Waals surface area contributed by atoms with Crippen molar-refractivity contribution in [1.82, 2.24) is 0 Å². The van der Waals surface area contributed by atoms with E-state index >= 15 is 0 Å². The van der Waals surface area contributed by atoms with Crippen LogP contribution < -0.4 is 0 Å². The predicted molar refractivity (Wildman–Crippen MR) is 40.6 cm³/mol. The Bertz CT molecular complexity index is 57.4. The fourth-order valence-electron chi connectivity index (χ4n) is 0.750. The van der Waals surface area contributed by atoms with Crippen LogP contribution in [0.3, 0.4) is 0 Å². The second-order valence-electron chi connectivity index (χ2n) is 2.88. The highest BCUT2D eigenvalue weighted by molar-refractivity contribution is 6.37. The lowest BCUT2D eigenvalue weighted by Gasteiger charge is -2.19. The molecule has 0 rings (SSSR count). The Hall–Kier alpha value is 0.217. The summed E-state index contributed by atoms with van der Waals surface area (Å²) in [7, 11) is 1.09. The summed E-state index contributed by atoms with van der Waals surface area (Å²) in [6.45, 7) is 9.22. The fourth-order valence-corrected chi connectivity index (χ4v) is 1.25. The third-order valence-corrected chi connectivity index (χ3v) is 3.16. The van der Waals surface area contributed by atoms with Crippen molar-refractivity contribution in [2.45, 2.75) is 45.2 Å². The van der Waals surface area contributed by atoms with Crippen LogP contribution in [0.4, 0.5) is 0 Å². The molecule has 0 N–H and O–H groups in total. The van der Waals surface area contributed by atoms with E-state index in [1.807, 2.05) is 0 Å². The number of hydrogen-bond donors (Lipinski definition) is 0. The lowest BCUT2D eigenvalue weighted by molar-refractivity contribution is 0.594. The van der Waals surface area contributed by atoms with Gasteiger partial charge in [0.05, 0.1) is 0 Å². The molecule has 0 amide bonds. The van der Waals surface area contributed by atoms with Gasteiger partial charge in [-0.3, -0.25) is 0 Å². The number of rotatable bonds is 3. The molecular formula is C7H16Si. The zero-order valence-electron chi connectivity index (χ0n) is 6.41. The van der Waals surface area contributed by atoms with Crippen LogP contribution in [-0.4, -0.2) is 9.52 Å². The first-order valence-corrected chi connectivity index (χ1v) is 4.81. The molecule has 0 unspecified atom stereocenters. The van der Waals surface area contributed by atoms with Crippen molar-refractivity contribution in [3.05, 3.63) is 0 Å². The van der Waals surface area contributed by atoms with Gasteiger partial charge in [0.25, 0.3) is 0 Å². The molecule has 0 aromatic carbocycles. The average molecular weight is 128 g/mol. The van der Waals surface area contributed by atoms with E-state index in [1.54, 1.807) is 0 Å². The van der Waals surface area contributed by atoms with Crippen molar-refractivity contribution >= 4 is 9.52 Å². The van der Waals surface area contributed by atoms with Gasteiger partial charge in [0.1, 0.15) is 0 Å². The molecule has 0 aromatic heterocycles. The first kappa shape index (κ1) is 8.22. The molecule has 0 saturated heterocycles. The molecule has 0 spiro atoms. The number of hydrogen-bond acceptors (Lipinski definition) is 0. The van der Waals surface area contributed by atoms with Crippen LogP contribution in [-0.2, 0) is 0 Å². The van der Waals surface area contributed by atoms with Gasteiger partial charge in [0.2, 0.25) is 0 Å². The Kier molecular flexibility index (Phi) is 3.37. The smallest absolute Gasteiger partial charge is 0.0413 e. The zero-order valence-corrected chi connectivity index (χ0v) is 7.41. The van der Waals surface area contributed by atoms with Gasteiger partial charge in [-0.2, -0.15) is 0 Å². The van der Waals surface area contributed by atoms with Gasteiger partial charge in [-0.25, -0.2) is 0 Å². The summed E-state index contributed by atoms with van der Waals surface area (Å²) in [4.78, 5) is 0. The minimum absolute atomic E-state index is 0.620. The molecule has 2 radical (unpaired) electrons. The van der Waals surface area contributed by atoms with E-state index in [-0.39, 0.29) is 0 Å². The highest BCUT2D eigenvalue weighted by Crippen LogP contribution is 2.28. The first-order valence-electron chi connectivity index (χ1n) is 3.31. The second kappa shape index (κ2) is 3.28. The molecule has 0 heterocycles. The SMILES string of the molecule is CCCC(C)(C)[Si]C. The highest BCUT2D eigenvalue weighted by atomic mass is 28.2. The average Bonchev–Trinajstić information content (AvgIpc) is 1.67. The summed E-state index contributed by atoms with van der Waals surface area (Å²) in [5, 5.41) is 0.620. The lowest BCUT2D eigenvalue weighted by atomic mass is 10.1. The van der Waals surface area contributed by atoms with E-state index in [2.05, 4.69) is 27.3 Å². The minimum Gasteiger partial charge on any atom is -0.0728 e. The Labute approximate surface area is 55.5 Å². The maximum Gasteiger partial charge on any atom is 0.0413 e. The summed E-state index contributed by atoms with van der Waals surface area (Å²) >= 11 is 0. The van der Waals surface area contributed by atoms with Crippen LogP contribution in [0.5, 0.6) is 0 Å². The topological polar surface area (TPSA) is 0 Å². The summed E-state index contributed by atoms with van der Waals surface area (Å²) in [5.41, 5.74) is 0. The fraction of sp³-hybridized carbons (Fsp3) is 1.00. The van der Waals surface area contributed by atoms with Crippen LogP contribution >= 0.6 is 0 Å². The summed E-state index contributed by atoms with van der Waals surface area (Å²) in [6, 6.07) is 0. The molecule has 0 nitrogen and oxygen atoms in total. The molecule has 0 atom stereocenters. The molecule has 0 saturated carbocycles. The van der Waals surface area contributed by atoms with E-state index < -0.39 is 0 Å². The Morgan fingerprint density at radius 3 is 2.00 bits per heavy atom. The van der Waals surface area contributed by atoms with Gasteiger partial charge in [-0.05, 0) is 5.04 Å². The largest absolute Gasteiger partial charge is 0.0728 e. The molecular weight excluding hydrogens is 112 g/mol. The van der Waals surface area contributed by atoms with Crippen molar-refractivity contribution in [1.29, 1.82) is 0 Å². The maximum atomic E-state index is 2.34. The van der Waals surface area contributed by atoms with Crippen LogP contribution in [0.15, 0.2) is 0 Å². The molecule has 48 valence electrons. The van der Waals surface area contributed by atoms with E-state index in [4.69, 9.17) is 0 Å². The van der Waals surface area contributed by atoms with Crippen molar-refractivity contribution in [2.75, 3.05) is 0 Å². The van der Waals surface area contributed by atoms with Gasteiger partial charge >= 0.3 is 0 Å². The molecule has 0 aromatic rings. The van der Waals surface area contributed by atoms with Crippen LogP contribution in [0.2, 0.25) is 11.6 Å². The van der Waals surface area contributed by atoms with Crippen LogP contribution in [0.25, 0.3) is 0 Å². The highest BCUT2D eigenvalue weighted by Gasteiger charge is 2.12. The van der Waals surface area contributed by atoms with Crippen molar-refractivity contribution in [3.8, 4) is 0 Å². The van der Waals surface area contributed by atoms with Gasteiger partial charge in [-0.15, -0.1) is 0 Å². The van der Waals surface area contributed by atoms with E-state index in [1.165, 1.54) is 12.8 Å². The summed E-state index contributed by atoms with van der Waals surface area (Å²) in [5.74, 6) is 0. The third-order valence-electron chi connectivity index (χ3n) is 1.55. The summed E-state index contributed by atoms with van der Waals surface area (Å²) < 4.78 is 0.